The van der Waals surface area contributed by atoms with Crippen molar-refractivity contribution in [2.75, 3.05) is 4.90 Å². The number of hydrogen-bond donors (Lipinski definition) is 0. The first kappa shape index (κ1) is 28.8. The van der Waals surface area contributed by atoms with E-state index < -0.39 is 0 Å². The minimum atomic E-state index is 0.859. The predicted octanol–water partition coefficient (Wildman–Crippen LogP) is 13.1. The van der Waals surface area contributed by atoms with Crippen LogP contribution in [0.5, 0.6) is 11.5 Å². The molecule has 244 valence electrons. The zero-order valence-electron chi connectivity index (χ0n) is 28.1. The van der Waals surface area contributed by atoms with Gasteiger partial charge >= 0.3 is 0 Å². The average molecular weight is 666 g/mol. The van der Waals surface area contributed by atoms with Crippen LogP contribution in [0.2, 0.25) is 0 Å². The maximum absolute atomic E-state index is 6.76. The van der Waals surface area contributed by atoms with Gasteiger partial charge in [-0.3, -0.25) is 0 Å². The molecule has 0 atom stereocenters. The second kappa shape index (κ2) is 11.2. The van der Waals surface area contributed by atoms with Gasteiger partial charge in [0.2, 0.25) is 0 Å². The van der Waals surface area contributed by atoms with Gasteiger partial charge in [-0.2, -0.15) is 0 Å². The summed E-state index contributed by atoms with van der Waals surface area (Å²) in [7, 11) is 0. The van der Waals surface area contributed by atoms with Crippen LogP contribution in [-0.2, 0) is 0 Å². The van der Waals surface area contributed by atoms with Crippen molar-refractivity contribution in [3.8, 4) is 34.0 Å². The molecule has 0 N–H and O–H groups in total. The highest BCUT2D eigenvalue weighted by Crippen LogP contribution is 2.50. The zero-order valence-corrected chi connectivity index (χ0v) is 28.1. The fourth-order valence-electron chi connectivity index (χ4n) is 8.28. The number of fused-ring (bicyclic) bond motifs is 9. The summed E-state index contributed by atoms with van der Waals surface area (Å²) < 4.78 is 11.5. The normalized spacial score (nSPS) is 12.0. The minimum Gasteiger partial charge on any atom is -0.453 e. The number of anilines is 3. The highest BCUT2D eigenvalue weighted by atomic mass is 16.5. The van der Waals surface area contributed by atoms with E-state index in [2.05, 4.69) is 196 Å². The van der Waals surface area contributed by atoms with Crippen molar-refractivity contribution >= 4 is 60.7 Å². The van der Waals surface area contributed by atoms with Crippen molar-refractivity contribution < 1.29 is 4.74 Å². The van der Waals surface area contributed by atoms with Crippen molar-refractivity contribution in [2.45, 2.75) is 0 Å². The third kappa shape index (κ3) is 4.21. The van der Waals surface area contributed by atoms with Gasteiger partial charge in [-0.05, 0) is 77.9 Å². The molecule has 0 fully saturated rings. The summed E-state index contributed by atoms with van der Waals surface area (Å²) >= 11 is 0. The van der Waals surface area contributed by atoms with Gasteiger partial charge in [0.05, 0.1) is 27.8 Å². The standard InChI is InChI=1S/C48H31N3O/c1-3-15-32(16-4-1)33-17-13-20-35(29-33)49(34-18-5-2-6-19-34)36-21-14-22-37(30-36)50-40-25-9-7-23-38(40)46-43(50)31-45-48-47(46)39-24-8-10-26-41(39)51(48)42-27-11-12-28-44(42)52-45/h1-31H. The van der Waals surface area contributed by atoms with Crippen LogP contribution in [0.25, 0.3) is 66.1 Å². The van der Waals surface area contributed by atoms with Crippen LogP contribution < -0.4 is 9.64 Å². The first-order valence-electron chi connectivity index (χ1n) is 17.7. The molecular formula is C48H31N3O. The van der Waals surface area contributed by atoms with Crippen LogP contribution in [-0.4, -0.2) is 9.13 Å². The molecule has 8 aromatic carbocycles. The lowest BCUT2D eigenvalue weighted by atomic mass is 10.0. The van der Waals surface area contributed by atoms with E-state index in [1.54, 1.807) is 0 Å². The van der Waals surface area contributed by atoms with E-state index in [9.17, 15) is 0 Å². The molecule has 10 aromatic rings. The molecule has 0 bridgehead atoms. The van der Waals surface area contributed by atoms with E-state index in [1.807, 2.05) is 6.07 Å². The number of para-hydroxylation sites is 5. The van der Waals surface area contributed by atoms with Crippen LogP contribution in [0.4, 0.5) is 17.1 Å². The molecule has 3 heterocycles. The summed E-state index contributed by atoms with van der Waals surface area (Å²) in [6.45, 7) is 0. The molecular weight excluding hydrogens is 635 g/mol. The third-order valence-electron chi connectivity index (χ3n) is 10.4. The summed E-state index contributed by atoms with van der Waals surface area (Å²) in [5.74, 6) is 1.72. The second-order valence-corrected chi connectivity index (χ2v) is 13.4. The Morgan fingerprint density at radius 2 is 0.981 bits per heavy atom. The minimum absolute atomic E-state index is 0.859. The average Bonchev–Trinajstić information content (AvgIpc) is 3.73. The van der Waals surface area contributed by atoms with E-state index in [-0.39, 0.29) is 0 Å². The molecule has 11 rings (SSSR count). The maximum atomic E-state index is 6.76. The van der Waals surface area contributed by atoms with Crippen molar-refractivity contribution in [2.24, 2.45) is 0 Å². The van der Waals surface area contributed by atoms with Crippen LogP contribution >= 0.6 is 0 Å². The Labute approximate surface area is 300 Å². The zero-order chi connectivity index (χ0) is 34.2. The third-order valence-corrected chi connectivity index (χ3v) is 10.4. The second-order valence-electron chi connectivity index (χ2n) is 13.4. The lowest BCUT2D eigenvalue weighted by Gasteiger charge is -2.26. The van der Waals surface area contributed by atoms with E-state index >= 15 is 0 Å². The SMILES string of the molecule is c1ccc(-c2cccc(N(c3ccccc3)c3cccc(-n4c5ccccc5c5c6c7ccccc7n7c6c(cc54)Oc4ccccc4-7)c3)c2)cc1. The van der Waals surface area contributed by atoms with Gasteiger partial charge in [0.15, 0.2) is 11.5 Å². The molecule has 0 saturated carbocycles. The summed E-state index contributed by atoms with van der Waals surface area (Å²) in [6, 6.07) is 67.0. The first-order chi connectivity index (χ1) is 25.8. The summed E-state index contributed by atoms with van der Waals surface area (Å²) in [5.41, 5.74) is 12.3. The Morgan fingerprint density at radius 3 is 1.79 bits per heavy atom. The van der Waals surface area contributed by atoms with Gasteiger partial charge in [-0.25, -0.2) is 0 Å². The largest absolute Gasteiger partial charge is 0.453 e. The topological polar surface area (TPSA) is 22.3 Å². The van der Waals surface area contributed by atoms with Crippen LogP contribution in [0, 0.1) is 0 Å². The van der Waals surface area contributed by atoms with Gasteiger partial charge in [0.25, 0.3) is 0 Å². The predicted molar refractivity (Wildman–Crippen MR) is 215 cm³/mol. The molecule has 0 unspecified atom stereocenters. The molecule has 1 aliphatic rings. The van der Waals surface area contributed by atoms with E-state index in [1.165, 1.54) is 38.2 Å². The monoisotopic (exact) mass is 665 g/mol. The number of nitrogens with zero attached hydrogens (tertiary/aromatic N) is 3. The van der Waals surface area contributed by atoms with Gasteiger partial charge in [0, 0.05) is 50.4 Å². The molecule has 0 spiro atoms. The molecule has 4 heteroatoms. The van der Waals surface area contributed by atoms with Crippen molar-refractivity contribution in [3.05, 3.63) is 188 Å². The number of ether oxygens (including phenoxy) is 1. The first-order valence-corrected chi connectivity index (χ1v) is 17.7. The lowest BCUT2D eigenvalue weighted by Crippen LogP contribution is -2.10. The van der Waals surface area contributed by atoms with Gasteiger partial charge < -0.3 is 18.8 Å². The van der Waals surface area contributed by atoms with E-state index in [4.69, 9.17) is 4.74 Å². The maximum Gasteiger partial charge on any atom is 0.154 e. The Morgan fingerprint density at radius 1 is 0.385 bits per heavy atom. The van der Waals surface area contributed by atoms with Gasteiger partial charge in [-0.15, -0.1) is 0 Å². The Kier molecular flexibility index (Phi) is 6.22. The summed E-state index contributed by atoms with van der Waals surface area (Å²) in [4.78, 5) is 2.35. The summed E-state index contributed by atoms with van der Waals surface area (Å²) in [6.07, 6.45) is 0. The molecule has 4 nitrogen and oxygen atoms in total. The fourth-order valence-corrected chi connectivity index (χ4v) is 8.28. The van der Waals surface area contributed by atoms with Crippen molar-refractivity contribution in [1.29, 1.82) is 0 Å². The van der Waals surface area contributed by atoms with Crippen molar-refractivity contribution in [1.82, 2.24) is 9.13 Å². The lowest BCUT2D eigenvalue weighted by molar-refractivity contribution is 0.477. The van der Waals surface area contributed by atoms with E-state index in [0.29, 0.717) is 0 Å². The quantitative estimate of drug-likeness (QED) is 0.183. The highest BCUT2D eigenvalue weighted by Gasteiger charge is 2.28. The van der Waals surface area contributed by atoms with Crippen molar-refractivity contribution in [3.63, 3.8) is 0 Å². The number of benzene rings is 8. The smallest absolute Gasteiger partial charge is 0.154 e. The number of aromatic nitrogens is 2. The Balaban J connectivity index is 1.18. The van der Waals surface area contributed by atoms with Crippen LogP contribution in [0.15, 0.2) is 188 Å². The molecule has 52 heavy (non-hydrogen) atoms. The molecule has 2 aromatic heterocycles. The number of hydrogen-bond acceptors (Lipinski definition) is 2. The van der Waals surface area contributed by atoms with Crippen LogP contribution in [0.1, 0.15) is 0 Å². The molecule has 0 saturated heterocycles. The molecule has 0 aliphatic carbocycles. The summed E-state index contributed by atoms with van der Waals surface area (Å²) in [5, 5.41) is 4.88. The number of rotatable bonds is 5. The molecule has 0 radical (unpaired) electrons. The Bertz CT molecular complexity index is 2990. The Hall–Kier alpha value is -7.04. The van der Waals surface area contributed by atoms with Crippen LogP contribution in [0.3, 0.4) is 0 Å². The van der Waals surface area contributed by atoms with Gasteiger partial charge in [0.1, 0.15) is 0 Å². The fraction of sp³-hybridized carbons (Fsp3) is 0. The van der Waals surface area contributed by atoms with E-state index in [0.717, 1.165) is 56.5 Å². The molecule has 1 aliphatic heterocycles. The van der Waals surface area contributed by atoms with Gasteiger partial charge in [-0.1, -0.05) is 115 Å². The highest BCUT2D eigenvalue weighted by molar-refractivity contribution is 6.30. The molecule has 0 amide bonds.